The Balaban J connectivity index is 2.04. The van der Waals surface area contributed by atoms with Crippen LogP contribution in [0.4, 0.5) is 10.5 Å². The molecule has 3 N–H and O–H groups in total. The molecule has 1 aliphatic rings. The number of hydrogen-bond acceptors (Lipinski definition) is 2. The molecule has 1 aromatic carbocycles. The van der Waals surface area contributed by atoms with Crippen molar-refractivity contribution in [2.45, 2.75) is 31.2 Å². The van der Waals surface area contributed by atoms with Crippen LogP contribution in [-0.2, 0) is 0 Å². The zero-order valence-corrected chi connectivity index (χ0v) is 10.9. The third kappa shape index (κ3) is 2.48. The number of carbonyl (C=O) groups excluding carboxylic acids is 1. The van der Waals surface area contributed by atoms with Gasteiger partial charge in [-0.3, -0.25) is 0 Å². The Morgan fingerprint density at radius 3 is 2.50 bits per heavy atom. The molecule has 0 aliphatic heterocycles. The number of nitrogens with zero attached hydrogens (tertiary/aromatic N) is 1. The number of hydrogen-bond donors (Lipinski definition) is 2. The minimum absolute atomic E-state index is 0.0754. The average Bonchev–Trinajstić information content (AvgIpc) is 2.89. The van der Waals surface area contributed by atoms with Crippen molar-refractivity contribution in [2.24, 2.45) is 5.73 Å². The molecule has 1 fully saturated rings. The molecule has 4 heteroatoms. The molecule has 0 unspecified atom stereocenters. The minimum Gasteiger partial charge on any atom is -0.328 e. The summed E-state index contributed by atoms with van der Waals surface area (Å²) in [5.41, 5.74) is 6.54. The van der Waals surface area contributed by atoms with Gasteiger partial charge in [0.1, 0.15) is 0 Å². The number of rotatable bonds is 3. The summed E-state index contributed by atoms with van der Waals surface area (Å²) in [6, 6.07) is 9.43. The van der Waals surface area contributed by atoms with Crippen molar-refractivity contribution in [3.63, 3.8) is 0 Å². The highest BCUT2D eigenvalue weighted by Crippen LogP contribution is 2.33. The zero-order chi connectivity index (χ0) is 13.0. The molecule has 18 heavy (non-hydrogen) atoms. The molecule has 2 amide bonds. The summed E-state index contributed by atoms with van der Waals surface area (Å²) in [5.74, 6) is 0. The topological polar surface area (TPSA) is 58.4 Å². The first-order valence-corrected chi connectivity index (χ1v) is 6.48. The van der Waals surface area contributed by atoms with Crippen LogP contribution in [0.15, 0.2) is 30.3 Å². The van der Waals surface area contributed by atoms with Crippen LogP contribution in [0.2, 0.25) is 0 Å². The van der Waals surface area contributed by atoms with Crippen LogP contribution in [0.1, 0.15) is 25.7 Å². The number of urea groups is 1. The van der Waals surface area contributed by atoms with E-state index in [0.29, 0.717) is 6.54 Å². The maximum Gasteiger partial charge on any atom is 0.322 e. The third-order valence-electron chi connectivity index (χ3n) is 3.96. The molecule has 1 aliphatic carbocycles. The molecule has 4 nitrogen and oxygen atoms in total. The number of likely N-dealkylation sites (N-methyl/N-ethyl adjacent to an activating group) is 1. The number of carbonyl (C=O) groups is 1. The molecular weight excluding hydrogens is 226 g/mol. The van der Waals surface area contributed by atoms with Gasteiger partial charge in [0.15, 0.2) is 0 Å². The lowest BCUT2D eigenvalue weighted by Crippen LogP contribution is -2.53. The van der Waals surface area contributed by atoms with E-state index >= 15 is 0 Å². The van der Waals surface area contributed by atoms with Gasteiger partial charge in [-0.25, -0.2) is 4.79 Å². The summed E-state index contributed by atoms with van der Waals surface area (Å²) >= 11 is 0. The van der Waals surface area contributed by atoms with Crippen molar-refractivity contribution in [1.29, 1.82) is 0 Å². The highest BCUT2D eigenvalue weighted by atomic mass is 16.2. The fourth-order valence-electron chi connectivity index (χ4n) is 2.65. The van der Waals surface area contributed by atoms with Gasteiger partial charge in [-0.2, -0.15) is 0 Å². The van der Waals surface area contributed by atoms with Crippen LogP contribution in [0.5, 0.6) is 0 Å². The molecule has 2 rings (SSSR count). The Morgan fingerprint density at radius 1 is 1.33 bits per heavy atom. The largest absolute Gasteiger partial charge is 0.328 e. The number of nitrogens with two attached hydrogens (primary N) is 1. The van der Waals surface area contributed by atoms with Gasteiger partial charge in [-0.05, 0) is 25.0 Å². The third-order valence-corrected chi connectivity index (χ3v) is 3.96. The van der Waals surface area contributed by atoms with Gasteiger partial charge in [0.25, 0.3) is 0 Å². The summed E-state index contributed by atoms with van der Waals surface area (Å²) in [6.45, 7) is 0.533. The van der Waals surface area contributed by atoms with Gasteiger partial charge in [0.2, 0.25) is 0 Å². The second-order valence-corrected chi connectivity index (χ2v) is 4.99. The van der Waals surface area contributed by atoms with E-state index in [-0.39, 0.29) is 11.6 Å². The van der Waals surface area contributed by atoms with Crippen LogP contribution >= 0.6 is 0 Å². The minimum atomic E-state index is -0.154. The lowest BCUT2D eigenvalue weighted by Gasteiger charge is -2.37. The fraction of sp³-hybridized carbons (Fsp3) is 0.500. The van der Waals surface area contributed by atoms with E-state index in [1.165, 1.54) is 0 Å². The van der Waals surface area contributed by atoms with Gasteiger partial charge in [-0.15, -0.1) is 0 Å². The van der Waals surface area contributed by atoms with Gasteiger partial charge >= 0.3 is 6.03 Å². The smallest absolute Gasteiger partial charge is 0.322 e. The number of nitrogens with one attached hydrogen (secondary N) is 1. The van der Waals surface area contributed by atoms with Crippen molar-refractivity contribution in [2.75, 3.05) is 18.9 Å². The van der Waals surface area contributed by atoms with Crippen molar-refractivity contribution in [3.05, 3.63) is 30.3 Å². The molecule has 1 saturated carbocycles. The van der Waals surface area contributed by atoms with Crippen LogP contribution in [0, 0.1) is 0 Å². The lowest BCUT2D eigenvalue weighted by atomic mass is 9.96. The maximum atomic E-state index is 12.2. The van der Waals surface area contributed by atoms with E-state index in [1.54, 1.807) is 4.90 Å². The van der Waals surface area contributed by atoms with Gasteiger partial charge in [-0.1, -0.05) is 31.0 Å². The molecule has 98 valence electrons. The summed E-state index contributed by atoms with van der Waals surface area (Å²) in [6.07, 6.45) is 4.31. The first-order valence-electron chi connectivity index (χ1n) is 6.48. The summed E-state index contributed by atoms with van der Waals surface area (Å²) in [7, 11) is 1.84. The maximum absolute atomic E-state index is 12.2. The number of amides is 2. The molecule has 0 radical (unpaired) electrons. The predicted octanol–water partition coefficient (Wildman–Crippen LogP) is 2.42. The van der Waals surface area contributed by atoms with Crippen molar-refractivity contribution < 1.29 is 4.79 Å². The van der Waals surface area contributed by atoms with E-state index in [0.717, 1.165) is 31.4 Å². The Hall–Kier alpha value is -1.55. The van der Waals surface area contributed by atoms with Crippen molar-refractivity contribution in [1.82, 2.24) is 4.90 Å². The predicted molar refractivity (Wildman–Crippen MR) is 73.5 cm³/mol. The lowest BCUT2D eigenvalue weighted by molar-refractivity contribution is 0.152. The van der Waals surface area contributed by atoms with Gasteiger partial charge in [0, 0.05) is 19.3 Å². The van der Waals surface area contributed by atoms with Crippen molar-refractivity contribution in [3.8, 4) is 0 Å². The monoisotopic (exact) mass is 247 g/mol. The summed E-state index contributed by atoms with van der Waals surface area (Å²) in [4.78, 5) is 14.0. The van der Waals surface area contributed by atoms with E-state index in [9.17, 15) is 4.79 Å². The molecule has 0 aromatic heterocycles. The van der Waals surface area contributed by atoms with Crippen molar-refractivity contribution >= 4 is 11.7 Å². The summed E-state index contributed by atoms with van der Waals surface area (Å²) < 4.78 is 0. The molecule has 0 spiro atoms. The van der Waals surface area contributed by atoms with Crippen LogP contribution in [0.3, 0.4) is 0 Å². The Kier molecular flexibility index (Phi) is 3.87. The highest BCUT2D eigenvalue weighted by Gasteiger charge is 2.38. The fourth-order valence-corrected chi connectivity index (χ4v) is 2.65. The van der Waals surface area contributed by atoms with Gasteiger partial charge in [0.05, 0.1) is 5.54 Å². The average molecular weight is 247 g/mol. The second-order valence-electron chi connectivity index (χ2n) is 4.99. The molecule has 0 atom stereocenters. The standard InChI is InChI=1S/C14H21N3O/c1-17(14(11-15)9-5-6-10-14)13(18)16-12-7-3-2-4-8-12/h2-4,7-8H,5-6,9-11,15H2,1H3,(H,16,18). The quantitative estimate of drug-likeness (QED) is 0.861. The van der Waals surface area contributed by atoms with Crippen LogP contribution < -0.4 is 11.1 Å². The molecule has 0 saturated heterocycles. The molecule has 1 aromatic rings. The van der Waals surface area contributed by atoms with E-state index in [2.05, 4.69) is 5.32 Å². The Bertz CT molecular complexity index is 399. The molecular formula is C14H21N3O. The normalized spacial score (nSPS) is 17.4. The number of para-hydroxylation sites is 1. The van der Waals surface area contributed by atoms with E-state index in [4.69, 9.17) is 5.73 Å². The van der Waals surface area contributed by atoms with Crippen LogP contribution in [-0.4, -0.2) is 30.1 Å². The second kappa shape index (κ2) is 5.40. The first-order chi connectivity index (χ1) is 8.68. The van der Waals surface area contributed by atoms with E-state index < -0.39 is 0 Å². The Morgan fingerprint density at radius 2 is 1.94 bits per heavy atom. The Labute approximate surface area is 108 Å². The first kappa shape index (κ1) is 12.9. The number of anilines is 1. The van der Waals surface area contributed by atoms with E-state index in [1.807, 2.05) is 37.4 Å². The van der Waals surface area contributed by atoms with Gasteiger partial charge < -0.3 is 16.0 Å². The molecule has 0 bridgehead atoms. The SMILES string of the molecule is CN(C(=O)Nc1ccccc1)C1(CN)CCCC1. The molecule has 0 heterocycles. The zero-order valence-electron chi connectivity index (χ0n) is 10.9. The highest BCUT2D eigenvalue weighted by molar-refractivity contribution is 5.89. The number of benzene rings is 1. The summed E-state index contributed by atoms with van der Waals surface area (Å²) in [5, 5.41) is 2.91. The van der Waals surface area contributed by atoms with Crippen LogP contribution in [0.25, 0.3) is 0 Å².